The minimum atomic E-state index is 0.575. The summed E-state index contributed by atoms with van der Waals surface area (Å²) < 4.78 is 0. The molecule has 1 saturated heterocycles. The lowest BCUT2D eigenvalue weighted by atomic mass is 10.1. The highest BCUT2D eigenvalue weighted by molar-refractivity contribution is 6.37. The summed E-state index contributed by atoms with van der Waals surface area (Å²) >= 11 is 12.3. The van der Waals surface area contributed by atoms with Gasteiger partial charge in [0, 0.05) is 19.6 Å². The van der Waals surface area contributed by atoms with Gasteiger partial charge in [0.15, 0.2) is 0 Å². The average Bonchev–Trinajstić information content (AvgIpc) is 2.91. The molecule has 92 valence electrons. The van der Waals surface area contributed by atoms with Crippen molar-refractivity contribution >= 4 is 34.8 Å². The molecule has 0 spiro atoms. The minimum absolute atomic E-state index is 0.575. The molecular weight excluding hydrogens is 257 g/mol. The van der Waals surface area contributed by atoms with Crippen molar-refractivity contribution in [1.29, 1.82) is 0 Å². The number of hydrogen-bond acceptors (Lipinski definition) is 3. The molecule has 1 aliphatic carbocycles. The number of aromatic nitrogens is 1. The van der Waals surface area contributed by atoms with Crippen LogP contribution in [-0.2, 0) is 0 Å². The van der Waals surface area contributed by atoms with Gasteiger partial charge in [-0.05, 0) is 31.2 Å². The zero-order chi connectivity index (χ0) is 12.0. The summed E-state index contributed by atoms with van der Waals surface area (Å²) in [6.45, 7) is 1.09. The average molecular weight is 272 g/mol. The van der Waals surface area contributed by atoms with Gasteiger partial charge in [0.2, 0.25) is 0 Å². The molecular formula is C12H15Cl2N3. The lowest BCUT2D eigenvalue weighted by Crippen LogP contribution is -2.32. The van der Waals surface area contributed by atoms with Gasteiger partial charge in [-0.2, -0.15) is 0 Å². The Labute approximate surface area is 111 Å². The summed E-state index contributed by atoms with van der Waals surface area (Å²) in [6.07, 6.45) is 3.90. The van der Waals surface area contributed by atoms with Gasteiger partial charge < -0.3 is 10.2 Å². The molecule has 2 heterocycles. The van der Waals surface area contributed by atoms with Gasteiger partial charge in [-0.25, -0.2) is 4.98 Å². The first-order valence-corrected chi connectivity index (χ1v) is 6.75. The van der Waals surface area contributed by atoms with Crippen LogP contribution >= 0.6 is 23.2 Å². The fourth-order valence-corrected chi connectivity index (χ4v) is 3.58. The third kappa shape index (κ3) is 1.85. The fraction of sp³-hybridized carbons (Fsp3) is 0.583. The zero-order valence-corrected chi connectivity index (χ0v) is 11.2. The first-order valence-electron chi connectivity index (χ1n) is 5.99. The number of nitrogens with one attached hydrogen (secondary N) is 1. The van der Waals surface area contributed by atoms with Crippen molar-refractivity contribution in [2.75, 3.05) is 23.8 Å². The maximum Gasteiger partial charge on any atom is 0.150 e. The molecule has 2 unspecified atom stereocenters. The van der Waals surface area contributed by atoms with Crippen LogP contribution in [0, 0.1) is 5.92 Å². The summed E-state index contributed by atoms with van der Waals surface area (Å²) in [5.41, 5.74) is 0. The first-order chi connectivity index (χ1) is 8.19. The van der Waals surface area contributed by atoms with Crippen molar-refractivity contribution in [2.24, 2.45) is 5.92 Å². The molecule has 1 aliphatic heterocycles. The van der Waals surface area contributed by atoms with Crippen molar-refractivity contribution in [3.05, 3.63) is 16.1 Å². The van der Waals surface area contributed by atoms with Gasteiger partial charge >= 0.3 is 0 Å². The lowest BCUT2D eigenvalue weighted by Gasteiger charge is -2.29. The quantitative estimate of drug-likeness (QED) is 0.894. The molecule has 1 aromatic heterocycles. The molecule has 2 bridgehead atoms. The number of piperidine rings is 1. The van der Waals surface area contributed by atoms with E-state index in [2.05, 4.69) is 15.2 Å². The summed E-state index contributed by atoms with van der Waals surface area (Å²) in [4.78, 5) is 6.88. The Bertz CT molecular complexity index is 450. The van der Waals surface area contributed by atoms with E-state index in [9.17, 15) is 0 Å². The topological polar surface area (TPSA) is 28.2 Å². The van der Waals surface area contributed by atoms with Crippen molar-refractivity contribution in [3.8, 4) is 0 Å². The van der Waals surface area contributed by atoms with Crippen LogP contribution in [0.5, 0.6) is 0 Å². The van der Waals surface area contributed by atoms with Crippen LogP contribution in [0.15, 0.2) is 6.07 Å². The van der Waals surface area contributed by atoms with Gasteiger partial charge in [-0.3, -0.25) is 0 Å². The van der Waals surface area contributed by atoms with E-state index in [1.54, 1.807) is 6.07 Å². The van der Waals surface area contributed by atoms with Gasteiger partial charge in [0.1, 0.15) is 11.6 Å². The molecule has 2 aliphatic rings. The van der Waals surface area contributed by atoms with Crippen LogP contribution in [0.3, 0.4) is 0 Å². The molecule has 1 N–H and O–H groups in total. The van der Waals surface area contributed by atoms with E-state index in [1.165, 1.54) is 19.3 Å². The molecule has 2 fully saturated rings. The Balaban J connectivity index is 1.97. The normalized spacial score (nSPS) is 26.6. The largest absolute Gasteiger partial charge is 0.372 e. The van der Waals surface area contributed by atoms with Crippen LogP contribution in [0.1, 0.15) is 19.3 Å². The van der Waals surface area contributed by atoms with Crippen molar-refractivity contribution in [3.63, 3.8) is 0 Å². The fourth-order valence-electron chi connectivity index (χ4n) is 3.02. The number of anilines is 2. The lowest BCUT2D eigenvalue weighted by molar-refractivity contribution is 0.550. The molecule has 5 heteroatoms. The van der Waals surface area contributed by atoms with E-state index in [1.807, 2.05) is 7.05 Å². The molecule has 17 heavy (non-hydrogen) atoms. The Hall–Kier alpha value is -0.670. The number of rotatable bonds is 2. The summed E-state index contributed by atoms with van der Waals surface area (Å²) in [6, 6.07) is 2.40. The van der Waals surface area contributed by atoms with E-state index in [-0.39, 0.29) is 0 Å². The number of pyridine rings is 1. The van der Waals surface area contributed by atoms with Crippen LogP contribution < -0.4 is 10.2 Å². The van der Waals surface area contributed by atoms with E-state index < -0.39 is 0 Å². The van der Waals surface area contributed by atoms with Crippen LogP contribution in [-0.4, -0.2) is 24.6 Å². The Kier molecular flexibility index (Phi) is 2.83. The summed E-state index contributed by atoms with van der Waals surface area (Å²) in [5, 5.41) is 4.23. The third-order valence-electron chi connectivity index (χ3n) is 3.83. The smallest absolute Gasteiger partial charge is 0.150 e. The second-order valence-corrected chi connectivity index (χ2v) is 5.67. The Morgan fingerprint density at radius 3 is 2.76 bits per heavy atom. The molecule has 0 aromatic carbocycles. The van der Waals surface area contributed by atoms with Gasteiger partial charge in [0.05, 0.1) is 10.0 Å². The van der Waals surface area contributed by atoms with E-state index in [0.29, 0.717) is 21.9 Å². The summed E-state index contributed by atoms with van der Waals surface area (Å²) in [7, 11) is 1.82. The highest BCUT2D eigenvalue weighted by Crippen LogP contribution is 2.42. The van der Waals surface area contributed by atoms with Crippen LogP contribution in [0.4, 0.5) is 11.6 Å². The molecule has 2 atom stereocenters. The third-order valence-corrected chi connectivity index (χ3v) is 4.40. The van der Waals surface area contributed by atoms with Crippen molar-refractivity contribution in [1.82, 2.24) is 4.98 Å². The maximum absolute atomic E-state index is 6.26. The van der Waals surface area contributed by atoms with Gasteiger partial charge in [-0.1, -0.05) is 23.2 Å². The molecule has 0 radical (unpaired) electrons. The monoisotopic (exact) mass is 271 g/mol. The molecule has 3 nitrogen and oxygen atoms in total. The zero-order valence-electron chi connectivity index (χ0n) is 9.71. The van der Waals surface area contributed by atoms with Crippen molar-refractivity contribution < 1.29 is 0 Å². The second-order valence-electron chi connectivity index (χ2n) is 4.86. The minimum Gasteiger partial charge on any atom is -0.372 e. The second kappa shape index (κ2) is 4.21. The maximum atomic E-state index is 6.26. The predicted molar refractivity (Wildman–Crippen MR) is 72.3 cm³/mol. The predicted octanol–water partition coefficient (Wildman–Crippen LogP) is 3.42. The van der Waals surface area contributed by atoms with Gasteiger partial charge in [0.25, 0.3) is 0 Å². The molecule has 1 saturated carbocycles. The Morgan fingerprint density at radius 2 is 2.18 bits per heavy atom. The Morgan fingerprint density at radius 1 is 1.35 bits per heavy atom. The van der Waals surface area contributed by atoms with E-state index >= 15 is 0 Å². The highest BCUT2D eigenvalue weighted by atomic mass is 35.5. The standard InChI is InChI=1S/C12H15Cl2N3/c1-15-11-9(13)5-10(14)12(16-11)17-6-7-2-3-8(17)4-7/h5,7-8H,2-4,6H2,1H3,(H,15,16). The van der Waals surface area contributed by atoms with Crippen LogP contribution in [0.25, 0.3) is 0 Å². The highest BCUT2D eigenvalue weighted by Gasteiger charge is 2.39. The molecule has 0 amide bonds. The van der Waals surface area contributed by atoms with E-state index in [4.69, 9.17) is 23.2 Å². The summed E-state index contributed by atoms with van der Waals surface area (Å²) in [5.74, 6) is 2.41. The first kappa shape index (κ1) is 11.4. The molecule has 3 rings (SSSR count). The molecule has 1 aromatic rings. The van der Waals surface area contributed by atoms with E-state index in [0.717, 1.165) is 18.3 Å². The number of nitrogens with zero attached hydrogens (tertiary/aromatic N) is 2. The SMILES string of the molecule is CNc1nc(N2CC3CCC2C3)c(Cl)cc1Cl. The number of fused-ring (bicyclic) bond motifs is 2. The van der Waals surface area contributed by atoms with Crippen molar-refractivity contribution in [2.45, 2.75) is 25.3 Å². The number of halogens is 2. The number of hydrogen-bond donors (Lipinski definition) is 1. The van der Waals surface area contributed by atoms with Gasteiger partial charge in [-0.15, -0.1) is 0 Å². The van der Waals surface area contributed by atoms with Crippen LogP contribution in [0.2, 0.25) is 10.0 Å².